The highest BCUT2D eigenvalue weighted by molar-refractivity contribution is 5.78. The SMILES string of the molecule is Cc1cc(C)n2nc(CC(=O)N3CCCC(C)(c4ccccc4)C3)nc2n1. The number of aromatic nitrogens is 4. The summed E-state index contributed by atoms with van der Waals surface area (Å²) in [6.07, 6.45) is 2.32. The maximum atomic E-state index is 12.9. The van der Waals surface area contributed by atoms with Gasteiger partial charge in [-0.25, -0.2) is 9.50 Å². The number of hydrogen-bond acceptors (Lipinski definition) is 4. The first-order valence-corrected chi connectivity index (χ1v) is 9.48. The fourth-order valence-electron chi connectivity index (χ4n) is 4.06. The van der Waals surface area contributed by atoms with Crippen molar-refractivity contribution in [1.29, 1.82) is 0 Å². The van der Waals surface area contributed by atoms with Gasteiger partial charge in [0.1, 0.15) is 0 Å². The monoisotopic (exact) mass is 363 g/mol. The van der Waals surface area contributed by atoms with E-state index in [9.17, 15) is 4.79 Å². The Morgan fingerprint density at radius 1 is 1.19 bits per heavy atom. The van der Waals surface area contributed by atoms with Gasteiger partial charge >= 0.3 is 0 Å². The first-order chi connectivity index (χ1) is 12.9. The molecule has 1 amide bonds. The lowest BCUT2D eigenvalue weighted by atomic mass is 9.76. The van der Waals surface area contributed by atoms with Crippen LogP contribution in [0.5, 0.6) is 0 Å². The van der Waals surface area contributed by atoms with Crippen LogP contribution in [0.15, 0.2) is 36.4 Å². The summed E-state index contributed by atoms with van der Waals surface area (Å²) in [5.74, 6) is 1.18. The maximum Gasteiger partial charge on any atom is 0.252 e. The number of carbonyl (C=O) groups is 1. The third-order valence-electron chi connectivity index (χ3n) is 5.49. The van der Waals surface area contributed by atoms with Gasteiger partial charge in [0.05, 0.1) is 6.42 Å². The summed E-state index contributed by atoms with van der Waals surface area (Å²) < 4.78 is 1.71. The van der Waals surface area contributed by atoms with Crippen LogP contribution in [0.3, 0.4) is 0 Å². The minimum atomic E-state index is -0.00321. The molecule has 1 fully saturated rings. The summed E-state index contributed by atoms with van der Waals surface area (Å²) in [6.45, 7) is 7.69. The molecule has 1 aromatic carbocycles. The van der Waals surface area contributed by atoms with Crippen LogP contribution >= 0.6 is 0 Å². The second kappa shape index (κ2) is 6.76. The van der Waals surface area contributed by atoms with Crippen molar-refractivity contribution in [3.63, 3.8) is 0 Å². The normalized spacial score (nSPS) is 20.2. The summed E-state index contributed by atoms with van der Waals surface area (Å²) >= 11 is 0. The van der Waals surface area contributed by atoms with Crippen molar-refractivity contribution in [2.45, 2.75) is 45.4 Å². The second-order valence-electron chi connectivity index (χ2n) is 7.80. The molecule has 1 unspecified atom stereocenters. The van der Waals surface area contributed by atoms with Crippen LogP contribution in [-0.4, -0.2) is 43.5 Å². The van der Waals surface area contributed by atoms with Crippen LogP contribution in [0.4, 0.5) is 0 Å². The van der Waals surface area contributed by atoms with E-state index in [0.717, 1.165) is 37.3 Å². The molecule has 6 nitrogen and oxygen atoms in total. The Morgan fingerprint density at radius 2 is 1.96 bits per heavy atom. The molecule has 27 heavy (non-hydrogen) atoms. The van der Waals surface area contributed by atoms with Gasteiger partial charge in [-0.15, -0.1) is 5.10 Å². The molecule has 0 radical (unpaired) electrons. The molecule has 1 aliphatic rings. The molecular formula is C21H25N5O. The van der Waals surface area contributed by atoms with E-state index >= 15 is 0 Å². The number of benzene rings is 1. The van der Waals surface area contributed by atoms with E-state index in [2.05, 4.69) is 46.3 Å². The Bertz CT molecular complexity index is 981. The van der Waals surface area contributed by atoms with Crippen molar-refractivity contribution in [3.05, 3.63) is 59.2 Å². The molecule has 0 spiro atoms. The molecule has 0 N–H and O–H groups in total. The third-order valence-corrected chi connectivity index (χ3v) is 5.49. The predicted molar refractivity (Wildman–Crippen MR) is 104 cm³/mol. The number of carbonyl (C=O) groups excluding carboxylic acids is 1. The van der Waals surface area contributed by atoms with Gasteiger partial charge in [0.15, 0.2) is 5.82 Å². The Labute approximate surface area is 159 Å². The smallest absolute Gasteiger partial charge is 0.252 e. The number of piperidine rings is 1. The number of likely N-dealkylation sites (tertiary alicyclic amines) is 1. The van der Waals surface area contributed by atoms with Crippen LogP contribution in [-0.2, 0) is 16.6 Å². The summed E-state index contributed by atoms with van der Waals surface area (Å²) in [5.41, 5.74) is 3.17. The van der Waals surface area contributed by atoms with Crippen LogP contribution in [0.25, 0.3) is 5.78 Å². The Balaban J connectivity index is 1.52. The molecule has 1 aliphatic heterocycles. The molecule has 4 rings (SSSR count). The van der Waals surface area contributed by atoms with Crippen molar-refractivity contribution in [3.8, 4) is 0 Å². The van der Waals surface area contributed by atoms with Gasteiger partial charge in [0.25, 0.3) is 5.78 Å². The highest BCUT2D eigenvalue weighted by atomic mass is 16.2. The number of aryl methyl sites for hydroxylation is 2. The lowest BCUT2D eigenvalue weighted by Crippen LogP contribution is -2.47. The van der Waals surface area contributed by atoms with E-state index in [-0.39, 0.29) is 17.7 Å². The zero-order chi connectivity index (χ0) is 19.0. The van der Waals surface area contributed by atoms with E-state index in [1.54, 1.807) is 4.52 Å². The maximum absolute atomic E-state index is 12.9. The zero-order valence-corrected chi connectivity index (χ0v) is 16.1. The van der Waals surface area contributed by atoms with Crippen LogP contribution in [0, 0.1) is 13.8 Å². The first-order valence-electron chi connectivity index (χ1n) is 9.48. The highest BCUT2D eigenvalue weighted by Gasteiger charge is 2.34. The third kappa shape index (κ3) is 3.44. The van der Waals surface area contributed by atoms with Gasteiger partial charge in [-0.1, -0.05) is 37.3 Å². The lowest BCUT2D eigenvalue weighted by molar-refractivity contribution is -0.132. The van der Waals surface area contributed by atoms with Crippen molar-refractivity contribution >= 4 is 11.7 Å². The minimum Gasteiger partial charge on any atom is -0.341 e. The summed E-state index contributed by atoms with van der Waals surface area (Å²) in [5, 5.41) is 4.48. The zero-order valence-electron chi connectivity index (χ0n) is 16.1. The fraction of sp³-hybridized carbons (Fsp3) is 0.429. The molecule has 0 saturated carbocycles. The minimum absolute atomic E-state index is 0.00321. The number of rotatable bonds is 3. The standard InChI is InChI=1S/C21H25N5O/c1-15-12-16(2)26-20(22-15)23-18(24-26)13-19(27)25-11-7-10-21(3,14-25)17-8-5-4-6-9-17/h4-6,8-9,12H,7,10-11,13-14H2,1-3H3. The Morgan fingerprint density at radius 3 is 2.74 bits per heavy atom. The molecule has 1 atom stereocenters. The van der Waals surface area contributed by atoms with Crippen molar-refractivity contribution in [1.82, 2.24) is 24.5 Å². The van der Waals surface area contributed by atoms with E-state index in [1.807, 2.05) is 30.9 Å². The van der Waals surface area contributed by atoms with Crippen molar-refractivity contribution in [2.24, 2.45) is 0 Å². The summed E-state index contributed by atoms with van der Waals surface area (Å²) in [7, 11) is 0. The number of fused-ring (bicyclic) bond motifs is 1. The predicted octanol–water partition coefficient (Wildman–Crippen LogP) is 2.86. The van der Waals surface area contributed by atoms with Crippen LogP contribution in [0.1, 0.15) is 42.5 Å². The number of hydrogen-bond donors (Lipinski definition) is 0. The second-order valence-corrected chi connectivity index (χ2v) is 7.80. The topological polar surface area (TPSA) is 63.4 Å². The molecule has 140 valence electrons. The summed E-state index contributed by atoms with van der Waals surface area (Å²) in [6, 6.07) is 12.5. The highest BCUT2D eigenvalue weighted by Crippen LogP contribution is 2.33. The van der Waals surface area contributed by atoms with E-state index < -0.39 is 0 Å². The van der Waals surface area contributed by atoms with Crippen LogP contribution in [0.2, 0.25) is 0 Å². The van der Waals surface area contributed by atoms with Gasteiger partial charge in [0, 0.05) is 29.9 Å². The van der Waals surface area contributed by atoms with Gasteiger partial charge in [0.2, 0.25) is 5.91 Å². The molecule has 6 heteroatoms. The fourth-order valence-corrected chi connectivity index (χ4v) is 4.06. The molecule has 0 bridgehead atoms. The van der Waals surface area contributed by atoms with Crippen LogP contribution < -0.4 is 0 Å². The summed E-state index contributed by atoms with van der Waals surface area (Å²) in [4.78, 5) is 23.8. The Hall–Kier alpha value is -2.76. The molecule has 0 aliphatic carbocycles. The number of nitrogens with zero attached hydrogens (tertiary/aromatic N) is 5. The Kier molecular flexibility index (Phi) is 4.42. The van der Waals surface area contributed by atoms with E-state index in [0.29, 0.717) is 11.6 Å². The first kappa shape index (κ1) is 17.6. The average molecular weight is 363 g/mol. The molecule has 3 aromatic rings. The van der Waals surface area contributed by atoms with E-state index in [4.69, 9.17) is 0 Å². The van der Waals surface area contributed by atoms with E-state index in [1.165, 1.54) is 5.56 Å². The molecule has 2 aromatic heterocycles. The quantitative estimate of drug-likeness (QED) is 0.718. The van der Waals surface area contributed by atoms with Gasteiger partial charge in [-0.2, -0.15) is 4.98 Å². The van der Waals surface area contributed by atoms with Crippen molar-refractivity contribution in [2.75, 3.05) is 13.1 Å². The van der Waals surface area contributed by atoms with Crippen molar-refractivity contribution < 1.29 is 4.79 Å². The molecular weight excluding hydrogens is 338 g/mol. The van der Waals surface area contributed by atoms with Gasteiger partial charge in [-0.3, -0.25) is 4.79 Å². The molecule has 1 saturated heterocycles. The average Bonchev–Trinajstić information content (AvgIpc) is 3.05. The lowest BCUT2D eigenvalue weighted by Gasteiger charge is -2.41. The van der Waals surface area contributed by atoms with Gasteiger partial charge < -0.3 is 4.90 Å². The van der Waals surface area contributed by atoms with Gasteiger partial charge in [-0.05, 0) is 38.3 Å². The largest absolute Gasteiger partial charge is 0.341 e. The number of amides is 1. The molecule has 3 heterocycles.